The van der Waals surface area contributed by atoms with Crippen LogP contribution >= 0.6 is 0 Å². The minimum absolute atomic E-state index is 0.0308. The molecule has 276 valence electrons. The van der Waals surface area contributed by atoms with E-state index in [1.807, 2.05) is 31.2 Å². The smallest absolute Gasteiger partial charge is 0.342 e. The first-order chi connectivity index (χ1) is 24.4. The lowest BCUT2D eigenvalue weighted by molar-refractivity contribution is -0.277. The van der Waals surface area contributed by atoms with Crippen LogP contribution in [0.1, 0.15) is 38.8 Å². The minimum Gasteiger partial charge on any atom is -0.504 e. The number of hydrogen-bond donors (Lipinski definition) is 8. The molecule has 0 saturated carbocycles. The Hall–Kier alpha value is -5.49. The molecule has 5 atom stereocenters. The number of guanidine groups is 1. The Balaban J connectivity index is 1.47. The van der Waals surface area contributed by atoms with Gasteiger partial charge in [0.1, 0.15) is 36.6 Å². The second-order valence-electron chi connectivity index (χ2n) is 11.2. The number of nitrogens with one attached hydrogen (secondary N) is 1. The van der Waals surface area contributed by atoms with Crippen LogP contribution in [0.2, 0.25) is 0 Å². The number of phenols is 2. The van der Waals surface area contributed by atoms with E-state index in [4.69, 9.17) is 34.2 Å². The molecule has 0 radical (unpaired) electrons. The SMILES string of the molecule is CCc1cccc(CCOc2c(O)c(OC)cc(C(=O)OC[C@@H]3O[C@@H](Oc4ccc(C(=O)O)cc4OCNC(N)=NC)[C@H](O)[C@@H](O)[C@@H]3O)c2O)c1. The summed E-state index contributed by atoms with van der Waals surface area (Å²) in [6, 6.07) is 12.4. The van der Waals surface area contributed by atoms with Crippen molar-refractivity contribution in [2.45, 2.75) is 50.5 Å². The Labute approximate surface area is 292 Å². The van der Waals surface area contributed by atoms with Crippen LogP contribution in [0.25, 0.3) is 0 Å². The first-order valence-electron chi connectivity index (χ1n) is 15.7. The molecular weight excluding hydrogens is 674 g/mol. The van der Waals surface area contributed by atoms with Gasteiger partial charge in [-0.2, -0.15) is 0 Å². The van der Waals surface area contributed by atoms with Crippen molar-refractivity contribution in [2.24, 2.45) is 10.7 Å². The standard InChI is InChI=1S/C34H41N3O14/c1-4-17-6-5-7-18(12-17)10-11-47-30-25(38)20(14-23(46-3)27(30)40)32(45)48-15-24-26(39)28(41)29(42)33(51-24)50-21-9-8-19(31(43)44)13-22(21)49-16-37-34(35)36-2/h5-9,12-14,24,26,28-29,33,38-42H,4,10-11,15-16H2,1-3H3,(H,43,44)(H3,35,36,37)/t24-,26+,28-,29+,33+/m0/s1. The maximum Gasteiger partial charge on any atom is 0.342 e. The molecule has 1 fully saturated rings. The van der Waals surface area contributed by atoms with Gasteiger partial charge in [0.15, 0.2) is 35.7 Å². The van der Waals surface area contributed by atoms with Gasteiger partial charge in [-0.05, 0) is 35.7 Å². The van der Waals surface area contributed by atoms with Crippen LogP contribution in [0, 0.1) is 0 Å². The Morgan fingerprint density at radius 3 is 2.37 bits per heavy atom. The molecule has 0 aliphatic carbocycles. The summed E-state index contributed by atoms with van der Waals surface area (Å²) in [6.45, 7) is 1.09. The number of aliphatic hydroxyl groups excluding tert-OH is 3. The van der Waals surface area contributed by atoms with E-state index in [0.29, 0.717) is 6.42 Å². The minimum atomic E-state index is -1.85. The molecule has 0 bridgehead atoms. The highest BCUT2D eigenvalue weighted by molar-refractivity contribution is 5.95. The fourth-order valence-electron chi connectivity index (χ4n) is 4.97. The molecule has 0 unspecified atom stereocenters. The van der Waals surface area contributed by atoms with E-state index in [9.17, 15) is 40.2 Å². The number of aryl methyl sites for hydroxylation is 1. The molecule has 3 aromatic carbocycles. The molecule has 1 saturated heterocycles. The average Bonchev–Trinajstić information content (AvgIpc) is 3.13. The second kappa shape index (κ2) is 17.4. The summed E-state index contributed by atoms with van der Waals surface area (Å²) in [6.07, 6.45) is -7.33. The highest BCUT2D eigenvalue weighted by Crippen LogP contribution is 2.46. The van der Waals surface area contributed by atoms with Gasteiger partial charge in [0.2, 0.25) is 17.8 Å². The van der Waals surface area contributed by atoms with E-state index in [1.165, 1.54) is 26.3 Å². The third kappa shape index (κ3) is 9.40. The van der Waals surface area contributed by atoms with Crippen LogP contribution in [0.4, 0.5) is 0 Å². The number of esters is 1. The molecule has 3 aromatic rings. The van der Waals surface area contributed by atoms with E-state index in [0.717, 1.165) is 29.7 Å². The Bertz CT molecular complexity index is 1720. The summed E-state index contributed by atoms with van der Waals surface area (Å²) in [5.74, 6) is -4.51. The zero-order valence-electron chi connectivity index (χ0n) is 28.0. The maximum atomic E-state index is 13.2. The van der Waals surface area contributed by atoms with Crippen molar-refractivity contribution in [1.29, 1.82) is 0 Å². The number of nitrogens with zero attached hydrogens (tertiary/aromatic N) is 1. The van der Waals surface area contributed by atoms with Gasteiger partial charge in [0, 0.05) is 19.5 Å². The van der Waals surface area contributed by atoms with Crippen LogP contribution in [0.15, 0.2) is 53.5 Å². The van der Waals surface area contributed by atoms with Gasteiger partial charge < -0.3 is 70.1 Å². The van der Waals surface area contributed by atoms with E-state index >= 15 is 0 Å². The first kappa shape index (κ1) is 38.3. The van der Waals surface area contributed by atoms with Gasteiger partial charge in [-0.25, -0.2) is 9.59 Å². The quantitative estimate of drug-likeness (QED) is 0.0470. The monoisotopic (exact) mass is 715 g/mol. The van der Waals surface area contributed by atoms with Crippen molar-refractivity contribution in [3.63, 3.8) is 0 Å². The number of aromatic carboxylic acids is 1. The molecule has 0 spiro atoms. The number of methoxy groups -OCH3 is 1. The topological polar surface area (TPSA) is 261 Å². The van der Waals surface area contributed by atoms with Crippen LogP contribution in [0.5, 0.6) is 34.5 Å². The maximum absolute atomic E-state index is 13.2. The number of nitrogens with two attached hydrogens (primary N) is 1. The van der Waals surface area contributed by atoms with E-state index < -0.39 is 72.1 Å². The number of hydrogen-bond acceptors (Lipinski definition) is 14. The summed E-state index contributed by atoms with van der Waals surface area (Å²) in [5, 5.41) is 65.5. The highest BCUT2D eigenvalue weighted by atomic mass is 16.7. The number of carbonyl (C=O) groups excluding carboxylic acids is 1. The molecule has 17 nitrogen and oxygen atoms in total. The van der Waals surface area contributed by atoms with E-state index in [-0.39, 0.29) is 42.1 Å². The Morgan fingerprint density at radius 2 is 1.69 bits per heavy atom. The fourth-order valence-corrected chi connectivity index (χ4v) is 4.97. The zero-order chi connectivity index (χ0) is 37.2. The lowest BCUT2D eigenvalue weighted by Gasteiger charge is -2.40. The third-order valence-electron chi connectivity index (χ3n) is 7.87. The lowest BCUT2D eigenvalue weighted by Crippen LogP contribution is -2.60. The third-order valence-corrected chi connectivity index (χ3v) is 7.87. The molecule has 4 rings (SSSR count). The predicted octanol–water partition coefficient (Wildman–Crippen LogP) is 0.902. The highest BCUT2D eigenvalue weighted by Gasteiger charge is 2.46. The van der Waals surface area contributed by atoms with Crippen LogP contribution in [-0.4, -0.2) is 113 Å². The van der Waals surface area contributed by atoms with Crippen molar-refractivity contribution in [1.82, 2.24) is 5.32 Å². The number of ether oxygens (including phenoxy) is 6. The lowest BCUT2D eigenvalue weighted by atomic mass is 9.99. The molecular formula is C34H41N3O14. The van der Waals surface area contributed by atoms with Crippen LogP contribution in [-0.2, 0) is 22.3 Å². The van der Waals surface area contributed by atoms with Crippen LogP contribution in [0.3, 0.4) is 0 Å². The molecule has 51 heavy (non-hydrogen) atoms. The molecule has 1 aliphatic heterocycles. The zero-order valence-corrected chi connectivity index (χ0v) is 28.0. The van der Waals surface area contributed by atoms with Gasteiger partial charge in [-0.15, -0.1) is 0 Å². The summed E-state index contributed by atoms with van der Waals surface area (Å²) in [5.41, 5.74) is 7.07. The Kier molecular flexibility index (Phi) is 13.1. The van der Waals surface area contributed by atoms with Crippen LogP contribution < -0.4 is 30.0 Å². The van der Waals surface area contributed by atoms with Gasteiger partial charge in [-0.3, -0.25) is 4.99 Å². The molecule has 0 aromatic heterocycles. The normalized spacial score (nSPS) is 20.3. The average molecular weight is 716 g/mol. The van der Waals surface area contributed by atoms with Gasteiger partial charge in [-0.1, -0.05) is 31.2 Å². The molecule has 1 heterocycles. The van der Waals surface area contributed by atoms with Crippen molar-refractivity contribution in [2.75, 3.05) is 34.1 Å². The van der Waals surface area contributed by atoms with Crippen molar-refractivity contribution in [3.8, 4) is 34.5 Å². The number of aliphatic imine (C=N–C) groups is 1. The number of aliphatic hydroxyl groups is 3. The predicted molar refractivity (Wildman–Crippen MR) is 179 cm³/mol. The summed E-state index contributed by atoms with van der Waals surface area (Å²) in [7, 11) is 2.67. The van der Waals surface area contributed by atoms with Crippen molar-refractivity contribution >= 4 is 17.9 Å². The summed E-state index contributed by atoms with van der Waals surface area (Å²) < 4.78 is 33.1. The second-order valence-corrected chi connectivity index (χ2v) is 11.2. The fraction of sp³-hybridized carbons (Fsp3) is 0.382. The molecule has 17 heteroatoms. The van der Waals surface area contributed by atoms with Gasteiger partial charge >= 0.3 is 11.9 Å². The first-order valence-corrected chi connectivity index (χ1v) is 15.7. The summed E-state index contributed by atoms with van der Waals surface area (Å²) in [4.78, 5) is 28.4. The van der Waals surface area contributed by atoms with Crippen molar-refractivity contribution < 1.29 is 68.6 Å². The molecule has 9 N–H and O–H groups in total. The number of benzene rings is 3. The number of rotatable bonds is 15. The summed E-state index contributed by atoms with van der Waals surface area (Å²) >= 11 is 0. The number of carboxylic acids is 1. The molecule has 1 aliphatic rings. The number of aromatic hydroxyl groups is 2. The van der Waals surface area contributed by atoms with Crippen molar-refractivity contribution in [3.05, 3.63) is 70.8 Å². The number of carboxylic acid groups (broad SMARTS) is 1. The van der Waals surface area contributed by atoms with Gasteiger partial charge in [0.25, 0.3) is 0 Å². The molecule has 0 amide bonds. The number of phenolic OH excluding ortho intramolecular Hbond substituents is 2. The van der Waals surface area contributed by atoms with E-state index in [1.54, 1.807) is 0 Å². The van der Waals surface area contributed by atoms with E-state index in [2.05, 4.69) is 10.3 Å². The largest absolute Gasteiger partial charge is 0.504 e. The Morgan fingerprint density at radius 1 is 0.941 bits per heavy atom. The number of carbonyl (C=O) groups is 2. The van der Waals surface area contributed by atoms with Gasteiger partial charge in [0.05, 0.1) is 19.3 Å².